The second-order valence-electron chi connectivity index (χ2n) is 7.29. The molecule has 3 N–H and O–H groups in total. The lowest BCUT2D eigenvalue weighted by Gasteiger charge is -2.29. The van der Waals surface area contributed by atoms with E-state index in [1.54, 1.807) is 4.90 Å². The Hall–Kier alpha value is -3.54. The van der Waals surface area contributed by atoms with Gasteiger partial charge in [-0.05, 0) is 37.0 Å². The smallest absolute Gasteiger partial charge is 0.228 e. The fourth-order valence-electron chi connectivity index (χ4n) is 3.82. The molecule has 1 aliphatic rings. The number of nitrogen functional groups attached to an aromatic ring is 1. The maximum Gasteiger partial charge on any atom is 0.228 e. The zero-order valence-electron chi connectivity index (χ0n) is 16.6. The number of anilines is 1. The number of nitrogens with one attached hydrogen (secondary N) is 1. The molecule has 3 aromatic rings. The predicted molar refractivity (Wildman–Crippen MR) is 114 cm³/mol. The van der Waals surface area contributed by atoms with Gasteiger partial charge in [-0.1, -0.05) is 48.5 Å². The van der Waals surface area contributed by atoms with E-state index in [0.29, 0.717) is 30.8 Å². The van der Waals surface area contributed by atoms with Crippen LogP contribution in [0, 0.1) is 19.3 Å². The Kier molecular flexibility index (Phi) is 4.84. The summed E-state index contributed by atoms with van der Waals surface area (Å²) in [6.45, 7) is 4.30. The maximum atomic E-state index is 12.6. The van der Waals surface area contributed by atoms with Crippen molar-refractivity contribution >= 4 is 17.6 Å². The molecule has 0 unspecified atom stereocenters. The third-order valence-electron chi connectivity index (χ3n) is 5.27. The van der Waals surface area contributed by atoms with E-state index in [9.17, 15) is 4.79 Å². The first-order valence-corrected chi connectivity index (χ1v) is 9.61. The van der Waals surface area contributed by atoms with Crippen LogP contribution in [-0.4, -0.2) is 21.7 Å². The van der Waals surface area contributed by atoms with E-state index in [0.717, 1.165) is 33.8 Å². The van der Waals surface area contributed by atoms with Crippen molar-refractivity contribution in [2.24, 2.45) is 5.73 Å². The Morgan fingerprint density at radius 3 is 2.52 bits per heavy atom. The lowest BCUT2D eigenvalue weighted by atomic mass is 9.97. The monoisotopic (exact) mass is 385 g/mol. The zero-order chi connectivity index (χ0) is 20.5. The van der Waals surface area contributed by atoms with Gasteiger partial charge in [-0.2, -0.15) is 0 Å². The van der Waals surface area contributed by atoms with Gasteiger partial charge in [0.25, 0.3) is 0 Å². The van der Waals surface area contributed by atoms with E-state index in [-0.39, 0.29) is 11.7 Å². The SMILES string of the molecule is Cc1nc(C)c2c(n1)N(Cc1ccc(-c3ccccc3C(=N)N)cc1)C(=O)CC2. The van der Waals surface area contributed by atoms with E-state index >= 15 is 0 Å². The quantitative estimate of drug-likeness (QED) is 0.530. The molecule has 6 nitrogen and oxygen atoms in total. The number of carbonyl (C=O) groups excluding carboxylic acids is 1. The standard InChI is InChI=1S/C23H23N5O/c1-14-18-11-12-21(29)28(23(18)27-15(2)26-14)13-16-7-9-17(10-8-16)19-5-3-4-6-20(19)22(24)25/h3-10H,11-13H2,1-2H3,(H3,24,25). The van der Waals surface area contributed by atoms with E-state index in [2.05, 4.69) is 9.97 Å². The van der Waals surface area contributed by atoms with Gasteiger partial charge >= 0.3 is 0 Å². The van der Waals surface area contributed by atoms with E-state index in [1.807, 2.05) is 62.4 Å². The number of amidine groups is 1. The molecule has 0 aliphatic carbocycles. The van der Waals surface area contributed by atoms with Crippen molar-refractivity contribution in [3.63, 3.8) is 0 Å². The summed E-state index contributed by atoms with van der Waals surface area (Å²) in [4.78, 5) is 23.4. The van der Waals surface area contributed by atoms with Gasteiger partial charge in [-0.15, -0.1) is 0 Å². The number of rotatable bonds is 4. The zero-order valence-corrected chi connectivity index (χ0v) is 16.6. The van der Waals surface area contributed by atoms with Gasteiger partial charge < -0.3 is 5.73 Å². The molecule has 0 spiro atoms. The average molecular weight is 385 g/mol. The first kappa shape index (κ1) is 18.8. The largest absolute Gasteiger partial charge is 0.384 e. The summed E-state index contributed by atoms with van der Waals surface area (Å²) in [7, 11) is 0. The Labute approximate surface area is 169 Å². The number of fused-ring (bicyclic) bond motifs is 1. The Balaban J connectivity index is 1.64. The van der Waals surface area contributed by atoms with Gasteiger partial charge in [0.05, 0.1) is 6.54 Å². The third-order valence-corrected chi connectivity index (χ3v) is 5.27. The van der Waals surface area contributed by atoms with Crippen molar-refractivity contribution in [2.45, 2.75) is 33.2 Å². The van der Waals surface area contributed by atoms with Crippen LogP contribution in [0.1, 0.15) is 34.6 Å². The Morgan fingerprint density at radius 1 is 1.07 bits per heavy atom. The van der Waals surface area contributed by atoms with Crippen LogP contribution in [0.5, 0.6) is 0 Å². The molecule has 0 bridgehead atoms. The van der Waals surface area contributed by atoms with Crippen LogP contribution >= 0.6 is 0 Å². The topological polar surface area (TPSA) is 96.0 Å². The van der Waals surface area contributed by atoms with Gasteiger partial charge in [-0.3, -0.25) is 15.1 Å². The van der Waals surface area contributed by atoms with E-state index in [1.165, 1.54) is 0 Å². The highest BCUT2D eigenvalue weighted by Crippen LogP contribution is 2.30. The molecule has 2 heterocycles. The highest BCUT2D eigenvalue weighted by molar-refractivity contribution is 6.01. The first-order chi connectivity index (χ1) is 13.9. The van der Waals surface area contributed by atoms with Gasteiger partial charge in [0, 0.05) is 23.2 Å². The maximum absolute atomic E-state index is 12.6. The molecular formula is C23H23N5O. The highest BCUT2D eigenvalue weighted by Gasteiger charge is 2.27. The summed E-state index contributed by atoms with van der Waals surface area (Å²) >= 11 is 0. The van der Waals surface area contributed by atoms with Crippen LogP contribution < -0.4 is 10.6 Å². The molecule has 0 radical (unpaired) electrons. The lowest BCUT2D eigenvalue weighted by molar-refractivity contribution is -0.119. The van der Waals surface area contributed by atoms with Crippen molar-refractivity contribution in [2.75, 3.05) is 4.90 Å². The van der Waals surface area contributed by atoms with Crippen LogP contribution in [0.25, 0.3) is 11.1 Å². The van der Waals surface area contributed by atoms with E-state index < -0.39 is 0 Å². The van der Waals surface area contributed by atoms with Crippen LogP contribution in [0.3, 0.4) is 0 Å². The summed E-state index contributed by atoms with van der Waals surface area (Å²) in [6.07, 6.45) is 1.17. The normalized spacial score (nSPS) is 13.3. The molecule has 29 heavy (non-hydrogen) atoms. The van der Waals surface area contributed by atoms with Crippen molar-refractivity contribution in [3.8, 4) is 11.1 Å². The number of nitrogens with two attached hydrogens (primary N) is 1. The summed E-state index contributed by atoms with van der Waals surface area (Å²) < 4.78 is 0. The van der Waals surface area contributed by atoms with Crippen LogP contribution in [0.2, 0.25) is 0 Å². The minimum absolute atomic E-state index is 0.0469. The number of hydrogen-bond acceptors (Lipinski definition) is 4. The van der Waals surface area contributed by atoms with Crippen LogP contribution in [0.4, 0.5) is 5.82 Å². The number of carbonyl (C=O) groups is 1. The van der Waals surface area contributed by atoms with Gasteiger partial charge in [-0.25, -0.2) is 9.97 Å². The molecular weight excluding hydrogens is 362 g/mol. The van der Waals surface area contributed by atoms with Crippen LogP contribution in [-0.2, 0) is 17.8 Å². The van der Waals surface area contributed by atoms with Crippen LogP contribution in [0.15, 0.2) is 48.5 Å². The molecule has 1 aromatic heterocycles. The predicted octanol–water partition coefficient (Wildman–Crippen LogP) is 3.52. The number of nitrogens with zero attached hydrogens (tertiary/aromatic N) is 3. The molecule has 1 amide bonds. The third kappa shape index (κ3) is 3.61. The van der Waals surface area contributed by atoms with Crippen molar-refractivity contribution in [1.82, 2.24) is 9.97 Å². The average Bonchev–Trinajstić information content (AvgIpc) is 2.70. The van der Waals surface area contributed by atoms with Gasteiger partial charge in [0.15, 0.2) is 0 Å². The fourth-order valence-corrected chi connectivity index (χ4v) is 3.82. The van der Waals surface area contributed by atoms with Crippen molar-refractivity contribution in [3.05, 3.63) is 76.7 Å². The van der Waals surface area contributed by atoms with E-state index in [4.69, 9.17) is 11.1 Å². The minimum Gasteiger partial charge on any atom is -0.384 e. The molecule has 6 heteroatoms. The number of aromatic nitrogens is 2. The number of aryl methyl sites for hydroxylation is 2. The molecule has 146 valence electrons. The molecule has 0 atom stereocenters. The first-order valence-electron chi connectivity index (χ1n) is 9.61. The molecule has 1 aliphatic heterocycles. The van der Waals surface area contributed by atoms with Crippen molar-refractivity contribution < 1.29 is 4.79 Å². The number of benzene rings is 2. The number of hydrogen-bond donors (Lipinski definition) is 2. The summed E-state index contributed by atoms with van der Waals surface area (Å²) in [5, 5.41) is 7.79. The molecule has 0 fully saturated rings. The Morgan fingerprint density at radius 2 is 1.79 bits per heavy atom. The summed E-state index contributed by atoms with van der Waals surface area (Å²) in [5.41, 5.74) is 11.4. The second kappa shape index (κ2) is 7.47. The second-order valence-corrected chi connectivity index (χ2v) is 7.29. The summed E-state index contributed by atoms with van der Waals surface area (Å²) in [5.74, 6) is 1.54. The summed E-state index contributed by atoms with van der Waals surface area (Å²) in [6, 6.07) is 15.6. The molecule has 0 saturated heterocycles. The molecule has 0 saturated carbocycles. The molecule has 2 aromatic carbocycles. The van der Waals surface area contributed by atoms with Gasteiger partial charge in [0.2, 0.25) is 5.91 Å². The van der Waals surface area contributed by atoms with Gasteiger partial charge in [0.1, 0.15) is 17.5 Å². The lowest BCUT2D eigenvalue weighted by Crippen LogP contribution is -2.36. The fraction of sp³-hybridized carbons (Fsp3) is 0.217. The highest BCUT2D eigenvalue weighted by atomic mass is 16.2. The number of amides is 1. The van der Waals surface area contributed by atoms with Crippen molar-refractivity contribution in [1.29, 1.82) is 5.41 Å². The minimum atomic E-state index is 0.0469. The molecule has 4 rings (SSSR count). The Bertz CT molecular complexity index is 1100.